The van der Waals surface area contributed by atoms with E-state index >= 15 is 0 Å². The molecule has 2 aliphatic carbocycles. The zero-order valence-corrected chi connectivity index (χ0v) is 18.1. The van der Waals surface area contributed by atoms with Gasteiger partial charge in [0.25, 0.3) is 0 Å². The number of benzene rings is 1. The molecule has 3 aliphatic rings. The molecule has 2 aromatic rings. The van der Waals surface area contributed by atoms with E-state index in [1.54, 1.807) is 11.8 Å². The van der Waals surface area contributed by atoms with Crippen LogP contribution in [0.25, 0.3) is 16.9 Å². The molecule has 5 heteroatoms. The van der Waals surface area contributed by atoms with Gasteiger partial charge in [-0.1, -0.05) is 35.9 Å². The quantitative estimate of drug-likeness (QED) is 0.682. The molecule has 0 N–H and O–H groups in total. The van der Waals surface area contributed by atoms with Gasteiger partial charge < -0.3 is 14.9 Å². The number of aromatic nitrogens is 1. The number of oxazole rings is 1. The second-order valence-corrected chi connectivity index (χ2v) is 7.39. The van der Waals surface area contributed by atoms with Gasteiger partial charge in [0.15, 0.2) is 0 Å². The zero-order valence-electron chi connectivity index (χ0n) is 15.3. The number of hydrogen-bond donors (Lipinski definition) is 0. The van der Waals surface area contributed by atoms with E-state index in [9.17, 15) is 0 Å². The summed E-state index contributed by atoms with van der Waals surface area (Å²) in [6.45, 7) is 5.08. The summed E-state index contributed by atoms with van der Waals surface area (Å²) in [5, 5.41) is 2.29. The van der Waals surface area contributed by atoms with Gasteiger partial charge in [-0.2, -0.15) is 0 Å². The average molecular weight is 421 g/mol. The van der Waals surface area contributed by atoms with Crippen molar-refractivity contribution in [2.24, 2.45) is 5.92 Å². The molecule has 2 unspecified atom stereocenters. The SMILES string of the molecule is Cc1coc(-c2cc([N-]N3CC4CC3C3=C4CCC=C3)ccc2C)n1.[Y]. The van der Waals surface area contributed by atoms with Crippen molar-refractivity contribution in [2.75, 3.05) is 6.54 Å². The van der Waals surface area contributed by atoms with Crippen molar-refractivity contribution in [3.8, 4) is 11.5 Å². The average Bonchev–Trinajstić information content (AvgIpc) is 3.32. The first kappa shape index (κ1) is 18.2. The second-order valence-electron chi connectivity index (χ2n) is 7.39. The maximum atomic E-state index is 5.59. The summed E-state index contributed by atoms with van der Waals surface area (Å²) < 4.78 is 5.59. The molecule has 1 aliphatic heterocycles. The van der Waals surface area contributed by atoms with Crippen LogP contribution in [0, 0.1) is 19.8 Å². The smallest absolute Gasteiger partial charge is 0.226 e. The van der Waals surface area contributed by atoms with Gasteiger partial charge in [-0.05, 0) is 56.7 Å². The molecule has 2 bridgehead atoms. The first-order chi connectivity index (χ1) is 12.2. The van der Waals surface area contributed by atoms with Crippen LogP contribution < -0.4 is 0 Å². The molecule has 0 saturated carbocycles. The summed E-state index contributed by atoms with van der Waals surface area (Å²) >= 11 is 0. The summed E-state index contributed by atoms with van der Waals surface area (Å²) in [5.41, 5.74) is 12.2. The van der Waals surface area contributed by atoms with Crippen LogP contribution in [0.5, 0.6) is 0 Å². The standard InChI is InChI=1S/C21H22N3O.Y/c1-13-7-8-16(10-19(13)21-22-14(2)12-25-21)23-24-11-15-9-20(24)18-6-4-3-5-17(15)18;/h4,6-8,10,12,15,20H,3,5,9,11H2,1-2H3;/q-1;. The molecule has 2 heterocycles. The van der Waals surface area contributed by atoms with Gasteiger partial charge in [0.1, 0.15) is 6.26 Å². The molecule has 1 saturated heterocycles. The van der Waals surface area contributed by atoms with Crippen LogP contribution in [-0.2, 0) is 32.7 Å². The van der Waals surface area contributed by atoms with E-state index in [0.29, 0.717) is 17.9 Å². The fraction of sp³-hybridized carbons (Fsp3) is 0.381. The molecule has 4 nitrogen and oxygen atoms in total. The van der Waals surface area contributed by atoms with Crippen molar-refractivity contribution in [1.82, 2.24) is 9.99 Å². The fourth-order valence-corrected chi connectivity index (χ4v) is 4.46. The summed E-state index contributed by atoms with van der Waals surface area (Å²) in [4.78, 5) is 4.47. The molecule has 0 spiro atoms. The van der Waals surface area contributed by atoms with Gasteiger partial charge in [0.05, 0.1) is 5.69 Å². The molecular weight excluding hydrogens is 399 g/mol. The zero-order chi connectivity index (χ0) is 17.0. The third-order valence-corrected chi connectivity index (χ3v) is 5.69. The number of fused-ring (bicyclic) bond motifs is 4. The molecule has 1 radical (unpaired) electrons. The van der Waals surface area contributed by atoms with Crippen LogP contribution in [0.3, 0.4) is 0 Å². The molecule has 26 heavy (non-hydrogen) atoms. The van der Waals surface area contributed by atoms with Gasteiger partial charge in [-0.25, -0.2) is 4.98 Å². The Bertz CT molecular complexity index is 898. The van der Waals surface area contributed by atoms with Crippen molar-refractivity contribution in [1.29, 1.82) is 0 Å². The van der Waals surface area contributed by atoms with Crippen LogP contribution in [0.1, 0.15) is 30.5 Å². The predicted octanol–water partition coefficient (Wildman–Crippen LogP) is 5.23. The monoisotopic (exact) mass is 421 g/mol. The molecule has 2 atom stereocenters. The number of aryl methyl sites for hydroxylation is 2. The Balaban J connectivity index is 0.00000168. The summed E-state index contributed by atoms with van der Waals surface area (Å²) in [6.07, 6.45) is 10.0. The summed E-state index contributed by atoms with van der Waals surface area (Å²) in [5.74, 6) is 1.38. The normalized spacial score (nSPS) is 23.9. The second kappa shape index (κ2) is 7.07. The van der Waals surface area contributed by atoms with Crippen LogP contribution >= 0.6 is 0 Å². The van der Waals surface area contributed by atoms with Gasteiger partial charge in [0.2, 0.25) is 5.89 Å². The van der Waals surface area contributed by atoms with Crippen LogP contribution in [0.2, 0.25) is 0 Å². The number of nitrogens with zero attached hydrogens (tertiary/aromatic N) is 3. The van der Waals surface area contributed by atoms with Crippen molar-refractivity contribution >= 4 is 5.69 Å². The Morgan fingerprint density at radius 2 is 2.15 bits per heavy atom. The predicted molar refractivity (Wildman–Crippen MR) is 98.4 cm³/mol. The minimum atomic E-state index is 0. The van der Waals surface area contributed by atoms with Crippen LogP contribution in [0.15, 0.2) is 52.2 Å². The van der Waals surface area contributed by atoms with E-state index in [1.807, 2.05) is 6.92 Å². The van der Waals surface area contributed by atoms with Crippen molar-refractivity contribution in [2.45, 2.75) is 39.2 Å². The summed E-state index contributed by atoms with van der Waals surface area (Å²) in [6, 6.07) is 6.75. The van der Waals surface area contributed by atoms with E-state index in [0.717, 1.165) is 29.1 Å². The largest absolute Gasteiger partial charge is 0.619 e. The van der Waals surface area contributed by atoms with E-state index in [4.69, 9.17) is 9.84 Å². The topological polar surface area (TPSA) is 43.4 Å². The molecule has 1 aromatic heterocycles. The van der Waals surface area contributed by atoms with Crippen molar-refractivity contribution < 1.29 is 37.1 Å². The molecular formula is C21H22N3OY-. The molecule has 5 rings (SSSR count). The van der Waals surface area contributed by atoms with Gasteiger partial charge in [0, 0.05) is 44.3 Å². The van der Waals surface area contributed by atoms with Crippen molar-refractivity contribution in [3.63, 3.8) is 0 Å². The van der Waals surface area contributed by atoms with Gasteiger partial charge >= 0.3 is 0 Å². The van der Waals surface area contributed by atoms with E-state index in [2.05, 4.69) is 47.3 Å². The van der Waals surface area contributed by atoms with E-state index in [1.165, 1.54) is 24.8 Å². The fourth-order valence-electron chi connectivity index (χ4n) is 4.46. The third kappa shape index (κ3) is 3.02. The maximum Gasteiger partial charge on any atom is 0.226 e. The Hall–Kier alpha value is -1.23. The maximum absolute atomic E-state index is 5.59. The first-order valence-corrected chi connectivity index (χ1v) is 9.10. The Morgan fingerprint density at radius 1 is 1.27 bits per heavy atom. The van der Waals surface area contributed by atoms with Gasteiger partial charge in [-0.3, -0.25) is 0 Å². The van der Waals surface area contributed by atoms with Gasteiger partial charge in [-0.15, -0.1) is 5.69 Å². The Kier molecular flexibility index (Phi) is 4.93. The molecule has 1 aromatic carbocycles. The minimum Gasteiger partial charge on any atom is -0.619 e. The number of allylic oxidation sites excluding steroid dienone is 1. The van der Waals surface area contributed by atoms with E-state index in [-0.39, 0.29) is 32.7 Å². The van der Waals surface area contributed by atoms with Crippen LogP contribution in [-0.4, -0.2) is 22.6 Å². The Labute approximate surface area is 179 Å². The molecule has 131 valence electrons. The van der Waals surface area contributed by atoms with Crippen molar-refractivity contribution in [3.05, 3.63) is 64.4 Å². The number of hydrogen-bond acceptors (Lipinski definition) is 3. The summed E-state index contributed by atoms with van der Waals surface area (Å²) in [7, 11) is 0. The molecule has 0 amide bonds. The third-order valence-electron chi connectivity index (χ3n) is 5.69. The minimum absolute atomic E-state index is 0. The number of rotatable bonds is 3. The van der Waals surface area contributed by atoms with E-state index < -0.39 is 0 Å². The molecule has 1 fully saturated rings. The van der Waals surface area contributed by atoms with Crippen LogP contribution in [0.4, 0.5) is 5.69 Å². The first-order valence-electron chi connectivity index (χ1n) is 9.10. The Morgan fingerprint density at radius 3 is 2.96 bits per heavy atom.